The molecule has 2 rings (SSSR count). The van der Waals surface area contributed by atoms with E-state index in [0.29, 0.717) is 29.1 Å². The zero-order valence-corrected chi connectivity index (χ0v) is 17.9. The summed E-state index contributed by atoms with van der Waals surface area (Å²) in [6.07, 6.45) is 2.63. The van der Waals surface area contributed by atoms with Gasteiger partial charge in [0.1, 0.15) is 0 Å². The number of benzene rings is 2. The molecule has 30 heavy (non-hydrogen) atoms. The molecule has 3 N–H and O–H groups in total. The van der Waals surface area contributed by atoms with Crippen molar-refractivity contribution in [1.82, 2.24) is 0 Å². The van der Waals surface area contributed by atoms with Crippen molar-refractivity contribution in [3.05, 3.63) is 94.8 Å². The van der Waals surface area contributed by atoms with Crippen LogP contribution in [0.4, 0.5) is 0 Å². The van der Waals surface area contributed by atoms with Gasteiger partial charge in [0.25, 0.3) is 0 Å². The Morgan fingerprint density at radius 3 is 2.17 bits per heavy atom. The molecule has 0 aliphatic carbocycles. The van der Waals surface area contributed by atoms with Gasteiger partial charge >= 0.3 is 15.4 Å². The first-order chi connectivity index (χ1) is 14.1. The summed E-state index contributed by atoms with van der Waals surface area (Å²) in [5.41, 5.74) is 2.78. The molecule has 0 fully saturated rings. The van der Waals surface area contributed by atoms with Crippen molar-refractivity contribution in [1.29, 1.82) is 0 Å². The predicted octanol–water partition coefficient (Wildman–Crippen LogP) is 4.19. The number of hydrogen-bond acceptors (Lipinski definition) is 5. The summed E-state index contributed by atoms with van der Waals surface area (Å²) in [7, 11) is -9.60. The molecule has 8 nitrogen and oxygen atoms in total. The molecule has 0 radical (unpaired) electrons. The lowest BCUT2D eigenvalue weighted by atomic mass is 10.0. The minimum Gasteiger partial charge on any atom is -0.372 e. The largest absolute Gasteiger partial charge is 0.477 e. The number of ketones is 1. The summed E-state index contributed by atoms with van der Waals surface area (Å²) in [6, 6.07) is 16.1. The highest BCUT2D eigenvalue weighted by molar-refractivity contribution is 7.65. The van der Waals surface area contributed by atoms with Gasteiger partial charge in [0.15, 0.2) is 5.78 Å². The average Bonchev–Trinajstić information content (AvgIpc) is 2.66. The van der Waals surface area contributed by atoms with E-state index in [4.69, 9.17) is 14.5 Å². The Kier molecular flexibility index (Phi) is 8.65. The molecule has 0 aromatic heterocycles. The fourth-order valence-corrected chi connectivity index (χ4v) is 4.12. The van der Waals surface area contributed by atoms with Gasteiger partial charge in [-0.1, -0.05) is 66.7 Å². The van der Waals surface area contributed by atoms with Crippen LogP contribution in [-0.2, 0) is 24.8 Å². The molecule has 2 aromatic carbocycles. The van der Waals surface area contributed by atoms with E-state index in [1.807, 2.05) is 18.2 Å². The molecule has 0 amide bonds. The Labute approximate surface area is 174 Å². The number of rotatable bonds is 10. The third-order valence-electron chi connectivity index (χ3n) is 3.73. The number of allylic oxidation sites excluding steroid dienone is 2. The van der Waals surface area contributed by atoms with Gasteiger partial charge in [0, 0.05) is 16.9 Å². The maximum Gasteiger partial charge on any atom is 0.477 e. The second-order valence-corrected chi connectivity index (χ2v) is 9.44. The van der Waals surface area contributed by atoms with Gasteiger partial charge in [0.05, 0.1) is 13.2 Å². The molecule has 160 valence electrons. The highest BCUT2D eigenvalue weighted by Gasteiger charge is 2.27. The molecule has 0 bridgehead atoms. The van der Waals surface area contributed by atoms with E-state index in [1.54, 1.807) is 43.3 Å². The first-order valence-corrected chi connectivity index (χ1v) is 11.9. The number of ether oxygens (including phenoxy) is 1. The van der Waals surface area contributed by atoms with E-state index >= 15 is 0 Å². The van der Waals surface area contributed by atoms with E-state index in [1.165, 1.54) is 12.2 Å². The van der Waals surface area contributed by atoms with Crippen LogP contribution in [0.25, 0.3) is 0 Å². The summed E-state index contributed by atoms with van der Waals surface area (Å²) >= 11 is 0. The van der Waals surface area contributed by atoms with E-state index in [2.05, 4.69) is 4.31 Å². The van der Waals surface area contributed by atoms with Crippen LogP contribution in [0.1, 0.15) is 28.4 Å². The Balaban J connectivity index is 1.84. The van der Waals surface area contributed by atoms with Crippen molar-refractivity contribution in [3.8, 4) is 0 Å². The number of hydrogen-bond donors (Lipinski definition) is 3. The third-order valence-corrected chi connectivity index (χ3v) is 6.06. The minimum absolute atomic E-state index is 0.0578. The van der Waals surface area contributed by atoms with Crippen LogP contribution in [-0.4, -0.2) is 27.1 Å². The molecule has 2 aromatic rings. The van der Waals surface area contributed by atoms with E-state index in [9.17, 15) is 18.8 Å². The molecular formula is C20H22O8P2. The van der Waals surface area contributed by atoms with Crippen molar-refractivity contribution in [2.24, 2.45) is 0 Å². The van der Waals surface area contributed by atoms with Crippen molar-refractivity contribution in [2.45, 2.75) is 13.5 Å². The fourth-order valence-electron chi connectivity index (χ4n) is 2.38. The van der Waals surface area contributed by atoms with Crippen LogP contribution in [0.5, 0.6) is 0 Å². The minimum atomic E-state index is -5.06. The maximum atomic E-state index is 12.4. The Hall–Kier alpha value is -2.15. The predicted molar refractivity (Wildman–Crippen MR) is 112 cm³/mol. The fraction of sp³-hybridized carbons (Fsp3) is 0.150. The molecule has 0 heterocycles. The Morgan fingerprint density at radius 1 is 0.967 bits per heavy atom. The topological polar surface area (TPSA) is 130 Å². The summed E-state index contributed by atoms with van der Waals surface area (Å²) < 4.78 is 31.4. The van der Waals surface area contributed by atoms with Crippen molar-refractivity contribution in [3.63, 3.8) is 0 Å². The molecule has 0 aliphatic rings. The normalized spacial score (nSPS) is 14.6. The molecule has 10 heteroatoms. The van der Waals surface area contributed by atoms with Gasteiger partial charge < -0.3 is 19.4 Å². The van der Waals surface area contributed by atoms with Crippen molar-refractivity contribution < 1.29 is 37.7 Å². The SMILES string of the molecule is C/C(=C\C=C\P(=O)(O)OP(=O)(O)O)COCc1ccc(C(=O)c2ccccc2)cc1. The molecule has 0 aliphatic heterocycles. The van der Waals surface area contributed by atoms with E-state index < -0.39 is 15.4 Å². The number of phosphoric acid groups is 1. The zero-order valence-electron chi connectivity index (χ0n) is 16.1. The van der Waals surface area contributed by atoms with Crippen LogP contribution in [0.2, 0.25) is 0 Å². The van der Waals surface area contributed by atoms with Crippen LogP contribution in [0, 0.1) is 0 Å². The van der Waals surface area contributed by atoms with Gasteiger partial charge in [-0.3, -0.25) is 9.36 Å². The van der Waals surface area contributed by atoms with Gasteiger partial charge in [-0.25, -0.2) is 8.88 Å². The second kappa shape index (κ2) is 10.8. The Bertz CT molecular complexity index is 1010. The molecule has 1 unspecified atom stereocenters. The average molecular weight is 452 g/mol. The molecular weight excluding hydrogens is 430 g/mol. The molecule has 0 saturated heterocycles. The molecule has 1 atom stereocenters. The van der Waals surface area contributed by atoms with Gasteiger partial charge in [-0.2, -0.15) is 0 Å². The first kappa shape index (κ1) is 24.1. The third kappa shape index (κ3) is 8.69. The lowest BCUT2D eigenvalue weighted by molar-refractivity contribution is 0.103. The van der Waals surface area contributed by atoms with Crippen LogP contribution >= 0.6 is 15.4 Å². The monoisotopic (exact) mass is 452 g/mol. The van der Waals surface area contributed by atoms with E-state index in [0.717, 1.165) is 5.56 Å². The van der Waals surface area contributed by atoms with Crippen molar-refractivity contribution in [2.75, 3.05) is 6.61 Å². The quantitative estimate of drug-likeness (QED) is 0.278. The van der Waals surface area contributed by atoms with Crippen molar-refractivity contribution >= 4 is 21.2 Å². The van der Waals surface area contributed by atoms with Gasteiger partial charge in [-0.15, -0.1) is 0 Å². The summed E-state index contributed by atoms with van der Waals surface area (Å²) in [5.74, 6) is 0.621. The standard InChI is InChI=1S/C20H22O8P2/c1-16(6-5-13-29(22,23)28-30(24,25)26)14-27-15-17-9-11-19(12-10-17)20(21)18-7-3-2-4-8-18/h2-13H,14-15H2,1H3,(H,22,23)(H2,24,25,26)/b13-5+,16-6+. The molecule has 0 spiro atoms. The summed E-state index contributed by atoms with van der Waals surface area (Å²) in [5, 5.41) is 0. The lowest BCUT2D eigenvalue weighted by Crippen LogP contribution is -2.02. The smallest absolute Gasteiger partial charge is 0.372 e. The summed E-state index contributed by atoms with van der Waals surface area (Å²) in [6.45, 7) is 2.25. The van der Waals surface area contributed by atoms with Gasteiger partial charge in [-0.05, 0) is 18.1 Å². The lowest BCUT2D eigenvalue weighted by Gasteiger charge is -2.08. The summed E-state index contributed by atoms with van der Waals surface area (Å²) in [4.78, 5) is 38.8. The number of carbonyl (C=O) groups excluding carboxylic acids is 1. The zero-order chi connectivity index (χ0) is 22.2. The van der Waals surface area contributed by atoms with Gasteiger partial charge in [0.2, 0.25) is 0 Å². The highest BCUT2D eigenvalue weighted by Crippen LogP contribution is 2.57. The van der Waals surface area contributed by atoms with Crippen LogP contribution in [0.3, 0.4) is 0 Å². The highest BCUT2D eigenvalue weighted by atomic mass is 31.3. The Morgan fingerprint density at radius 2 is 1.57 bits per heavy atom. The second-order valence-electron chi connectivity index (χ2n) is 6.38. The first-order valence-electron chi connectivity index (χ1n) is 8.76. The van der Waals surface area contributed by atoms with E-state index in [-0.39, 0.29) is 12.4 Å². The van der Waals surface area contributed by atoms with Crippen LogP contribution in [0.15, 0.2) is 78.1 Å². The molecule has 0 saturated carbocycles. The maximum absolute atomic E-state index is 12.4. The van der Waals surface area contributed by atoms with Crippen LogP contribution < -0.4 is 0 Å². The number of carbonyl (C=O) groups is 1.